The summed E-state index contributed by atoms with van der Waals surface area (Å²) in [7, 11) is 0. The molecule has 0 amide bonds. The molecule has 0 unspecified atom stereocenters. The van der Waals surface area contributed by atoms with Gasteiger partial charge in [0.1, 0.15) is 23.0 Å². The molecule has 0 saturated carbocycles. The van der Waals surface area contributed by atoms with Gasteiger partial charge in [-0.3, -0.25) is 0 Å². The van der Waals surface area contributed by atoms with Gasteiger partial charge in [-0.2, -0.15) is 0 Å². The third-order valence-electron chi connectivity index (χ3n) is 8.19. The molecule has 0 atom stereocenters. The van der Waals surface area contributed by atoms with E-state index in [1.807, 2.05) is 108 Å². The van der Waals surface area contributed by atoms with Crippen LogP contribution in [0.25, 0.3) is 33.9 Å². The van der Waals surface area contributed by atoms with Gasteiger partial charge in [0.05, 0.1) is 49.2 Å². The van der Waals surface area contributed by atoms with Gasteiger partial charge >= 0.3 is 0 Å². The fourth-order valence-corrected chi connectivity index (χ4v) is 7.39. The third kappa shape index (κ3) is 10.1. The van der Waals surface area contributed by atoms with E-state index in [0.717, 1.165) is 87.7 Å². The van der Waals surface area contributed by atoms with E-state index in [9.17, 15) is 0 Å². The minimum Gasteiger partial charge on any atom is -0.493 e. The first-order valence-corrected chi connectivity index (χ1v) is 19.3. The number of aromatic nitrogens is 2. The van der Waals surface area contributed by atoms with Crippen molar-refractivity contribution in [1.29, 1.82) is 0 Å². The van der Waals surface area contributed by atoms with Gasteiger partial charge in [0.15, 0.2) is 0 Å². The topological polar surface area (TPSA) is 62.7 Å². The minimum absolute atomic E-state index is 0.578. The molecule has 9 heterocycles. The average Bonchev–Trinajstić information content (AvgIpc) is 3.19. The zero-order valence-electron chi connectivity index (χ0n) is 28.4. The molecular weight excluding hydrogens is 673 g/mol. The maximum absolute atomic E-state index is 6.00. The van der Waals surface area contributed by atoms with Crippen LogP contribution in [-0.2, 0) is 0 Å². The van der Waals surface area contributed by atoms with Crippen molar-refractivity contribution in [2.45, 2.75) is 29.1 Å². The van der Waals surface area contributed by atoms with Crippen LogP contribution in [0.2, 0.25) is 0 Å². The summed E-state index contributed by atoms with van der Waals surface area (Å²) in [5.74, 6) is 5.57. The molecule has 0 fully saturated rings. The molecule has 51 heavy (non-hydrogen) atoms. The van der Waals surface area contributed by atoms with Gasteiger partial charge in [0.2, 0.25) is 0 Å². The Kier molecular flexibility index (Phi) is 12.1. The second-order valence-electron chi connectivity index (χ2n) is 12.0. The van der Waals surface area contributed by atoms with Crippen molar-refractivity contribution in [2.24, 2.45) is 0 Å². The molecule has 8 heteroatoms. The molecule has 6 aromatic rings. The predicted octanol–water partition coefficient (Wildman–Crippen LogP) is 10.8. The van der Waals surface area contributed by atoms with Crippen molar-refractivity contribution >= 4 is 23.5 Å². The second kappa shape index (κ2) is 17.8. The van der Waals surface area contributed by atoms with E-state index in [1.165, 1.54) is 9.79 Å². The number of hydrogen-bond donors (Lipinski definition) is 0. The van der Waals surface area contributed by atoms with E-state index in [2.05, 4.69) is 48.5 Å². The molecule has 6 nitrogen and oxygen atoms in total. The third-order valence-corrected chi connectivity index (χ3v) is 10.4. The van der Waals surface area contributed by atoms with Crippen LogP contribution in [0, 0.1) is 0 Å². The van der Waals surface area contributed by atoms with Crippen LogP contribution in [0.1, 0.15) is 19.3 Å². The number of thioether (sulfide) groups is 2. The van der Waals surface area contributed by atoms with Gasteiger partial charge in [-0.1, -0.05) is 12.1 Å². The quantitative estimate of drug-likeness (QED) is 0.154. The first-order chi connectivity index (χ1) is 25.2. The highest BCUT2D eigenvalue weighted by atomic mass is 32.2. The monoisotopic (exact) mass is 712 g/mol. The standard InChI is InChI=1S/C43H40N2O4S2/c1-6-40-32-10-14-34(15-11-32)46-26-3-28-48-36-18-22-38(23-19-36)50-30-5-31-51-39-24-20-37(21-25-39)49-29-4-27-47-35-16-12-33(13-17-35)41-7-2-9-43(45-41)42(8-1)44-40/h1-2,6-25H,3-5,26-31H2. The summed E-state index contributed by atoms with van der Waals surface area (Å²) >= 11 is 3.77. The van der Waals surface area contributed by atoms with E-state index in [1.54, 1.807) is 0 Å². The summed E-state index contributed by atoms with van der Waals surface area (Å²) in [6, 6.07) is 45.0. The molecule has 13 rings (SSSR count). The maximum Gasteiger partial charge on any atom is 0.119 e. The van der Waals surface area contributed by atoms with E-state index in [4.69, 9.17) is 28.9 Å². The Balaban J connectivity index is 1.01. The predicted molar refractivity (Wildman–Crippen MR) is 209 cm³/mol. The van der Waals surface area contributed by atoms with Gasteiger partial charge in [-0.05, 0) is 139 Å². The Morgan fingerprint density at radius 2 is 0.686 bits per heavy atom. The van der Waals surface area contributed by atoms with Crippen molar-refractivity contribution < 1.29 is 18.9 Å². The summed E-state index contributed by atoms with van der Waals surface area (Å²) in [6.45, 7) is 2.35. The molecule has 0 radical (unpaired) electrons. The van der Waals surface area contributed by atoms with Gasteiger partial charge in [0, 0.05) is 33.8 Å². The van der Waals surface area contributed by atoms with E-state index >= 15 is 0 Å². The van der Waals surface area contributed by atoms with E-state index < -0.39 is 0 Å². The lowest BCUT2D eigenvalue weighted by molar-refractivity contribution is 0.247. The minimum atomic E-state index is 0.578. The molecule has 4 aromatic carbocycles. The highest BCUT2D eigenvalue weighted by molar-refractivity contribution is 8.00. The van der Waals surface area contributed by atoms with Gasteiger partial charge in [-0.25, -0.2) is 9.97 Å². The molecule has 12 bridgehead atoms. The van der Waals surface area contributed by atoms with Crippen LogP contribution >= 0.6 is 23.5 Å². The Hall–Kier alpha value is -4.92. The fourth-order valence-electron chi connectivity index (χ4n) is 5.50. The van der Waals surface area contributed by atoms with Crippen molar-refractivity contribution in [2.75, 3.05) is 37.9 Å². The van der Waals surface area contributed by atoms with Gasteiger partial charge < -0.3 is 18.9 Å². The largest absolute Gasteiger partial charge is 0.493 e. The van der Waals surface area contributed by atoms with E-state index in [-0.39, 0.29) is 0 Å². The number of ether oxygens (including phenoxy) is 4. The lowest BCUT2D eigenvalue weighted by Gasteiger charge is -2.10. The van der Waals surface area contributed by atoms with Crippen LogP contribution in [0.3, 0.4) is 0 Å². The van der Waals surface area contributed by atoms with Crippen molar-refractivity contribution in [3.05, 3.63) is 133 Å². The normalized spacial score (nSPS) is 14.4. The first-order valence-electron chi connectivity index (χ1n) is 17.4. The molecule has 0 saturated heterocycles. The number of pyridine rings is 2. The SMILES string of the molecule is c1cc2nc(c1)-c1cccc(n1)-c1ccc(cc1)OCCCOc1ccc(cc1)SCCCSc1ccc(cc1)OCCCOc1ccc-2cc1. The van der Waals surface area contributed by atoms with Crippen LogP contribution < -0.4 is 18.9 Å². The second-order valence-corrected chi connectivity index (χ2v) is 14.3. The van der Waals surface area contributed by atoms with Gasteiger partial charge in [0.25, 0.3) is 0 Å². The molecule has 0 aliphatic carbocycles. The number of hydrogen-bond acceptors (Lipinski definition) is 8. The maximum atomic E-state index is 6.00. The zero-order chi connectivity index (χ0) is 34.5. The number of nitrogens with zero attached hydrogens (tertiary/aromatic N) is 2. The number of benzene rings is 4. The van der Waals surface area contributed by atoms with E-state index in [0.29, 0.717) is 26.4 Å². The Morgan fingerprint density at radius 3 is 1.06 bits per heavy atom. The average molecular weight is 713 g/mol. The Morgan fingerprint density at radius 1 is 0.353 bits per heavy atom. The zero-order valence-corrected chi connectivity index (χ0v) is 30.0. The molecule has 258 valence electrons. The van der Waals surface area contributed by atoms with Gasteiger partial charge in [-0.15, -0.1) is 23.5 Å². The lowest BCUT2D eigenvalue weighted by atomic mass is 10.1. The summed E-state index contributed by atoms with van der Waals surface area (Å²) in [4.78, 5) is 12.4. The summed E-state index contributed by atoms with van der Waals surface area (Å²) in [5.41, 5.74) is 5.43. The summed E-state index contributed by atoms with van der Waals surface area (Å²) < 4.78 is 23.9. The van der Waals surface area contributed by atoms with Crippen LogP contribution in [0.4, 0.5) is 0 Å². The Bertz CT molecular complexity index is 1820. The lowest BCUT2D eigenvalue weighted by Crippen LogP contribution is -2.05. The van der Waals surface area contributed by atoms with Crippen molar-refractivity contribution in [1.82, 2.24) is 9.97 Å². The molecule has 7 aliphatic rings. The summed E-state index contributed by atoms with van der Waals surface area (Å²) in [6.07, 6.45) is 2.71. The highest BCUT2D eigenvalue weighted by Crippen LogP contribution is 2.28. The molecule has 7 aliphatic heterocycles. The first kappa shape index (κ1) is 34.5. The molecule has 0 N–H and O–H groups in total. The molecule has 0 spiro atoms. The smallest absolute Gasteiger partial charge is 0.119 e. The van der Waals surface area contributed by atoms with Crippen LogP contribution in [-0.4, -0.2) is 47.9 Å². The van der Waals surface area contributed by atoms with Crippen LogP contribution in [0.15, 0.2) is 143 Å². The Labute approximate surface area is 308 Å². The fraction of sp³-hybridized carbons (Fsp3) is 0.209. The van der Waals surface area contributed by atoms with Crippen molar-refractivity contribution in [3.63, 3.8) is 0 Å². The number of rotatable bonds is 0. The van der Waals surface area contributed by atoms with Crippen molar-refractivity contribution in [3.8, 4) is 56.9 Å². The molecule has 2 aromatic heterocycles. The van der Waals surface area contributed by atoms with Crippen LogP contribution in [0.5, 0.6) is 23.0 Å². The highest BCUT2D eigenvalue weighted by Gasteiger charge is 2.09. The summed E-state index contributed by atoms with van der Waals surface area (Å²) in [5, 5.41) is 0. The molecular formula is C43H40N2O4S2.